The van der Waals surface area contributed by atoms with E-state index >= 15 is 0 Å². The van der Waals surface area contributed by atoms with Gasteiger partial charge in [-0.1, -0.05) is 53.5 Å². The van der Waals surface area contributed by atoms with Gasteiger partial charge in [-0.2, -0.15) is 0 Å². The fourth-order valence-corrected chi connectivity index (χ4v) is 2.18. The van der Waals surface area contributed by atoms with Gasteiger partial charge in [0.2, 0.25) is 5.91 Å². The normalized spacial score (nSPS) is 12.0. The number of nitrogens with one attached hydrogen (secondary N) is 2. The van der Waals surface area contributed by atoms with Crippen molar-refractivity contribution in [3.8, 4) is 0 Å². The van der Waals surface area contributed by atoms with Gasteiger partial charge in [-0.25, -0.2) is 0 Å². The highest BCUT2D eigenvalue weighted by molar-refractivity contribution is 6.42. The molecule has 0 fully saturated rings. The smallest absolute Gasteiger partial charge is 0.238 e. The third kappa shape index (κ3) is 4.74. The molecule has 21 heavy (non-hydrogen) atoms. The van der Waals surface area contributed by atoms with Crippen LogP contribution < -0.4 is 10.6 Å². The molecule has 0 aliphatic heterocycles. The summed E-state index contributed by atoms with van der Waals surface area (Å²) in [5.74, 6) is -0.129. The summed E-state index contributed by atoms with van der Waals surface area (Å²) < 4.78 is 0. The van der Waals surface area contributed by atoms with E-state index in [-0.39, 0.29) is 18.5 Å². The molecule has 2 rings (SSSR count). The predicted molar refractivity (Wildman–Crippen MR) is 88.0 cm³/mol. The van der Waals surface area contributed by atoms with Crippen LogP contribution in [0.4, 0.5) is 5.69 Å². The van der Waals surface area contributed by atoms with E-state index < -0.39 is 0 Å². The maximum atomic E-state index is 11.9. The van der Waals surface area contributed by atoms with E-state index in [4.69, 9.17) is 23.2 Å². The number of hydrogen-bond acceptors (Lipinski definition) is 2. The number of hydrogen-bond donors (Lipinski definition) is 2. The molecule has 1 amide bonds. The van der Waals surface area contributed by atoms with Crippen molar-refractivity contribution in [3.63, 3.8) is 0 Å². The minimum absolute atomic E-state index is 0.103. The van der Waals surface area contributed by atoms with E-state index in [0.29, 0.717) is 15.7 Å². The first-order valence-electron chi connectivity index (χ1n) is 6.59. The Morgan fingerprint density at radius 3 is 2.48 bits per heavy atom. The lowest BCUT2D eigenvalue weighted by Gasteiger charge is -2.14. The van der Waals surface area contributed by atoms with Crippen LogP contribution in [0.5, 0.6) is 0 Å². The lowest BCUT2D eigenvalue weighted by molar-refractivity contribution is -0.115. The third-order valence-electron chi connectivity index (χ3n) is 3.07. The molecular formula is C16H16Cl2N2O. The Morgan fingerprint density at radius 2 is 1.81 bits per heavy atom. The van der Waals surface area contributed by atoms with Crippen molar-refractivity contribution in [1.82, 2.24) is 5.32 Å². The second kappa shape index (κ2) is 7.46. The molecule has 0 spiro atoms. The third-order valence-corrected chi connectivity index (χ3v) is 3.81. The first kappa shape index (κ1) is 15.8. The average molecular weight is 323 g/mol. The maximum Gasteiger partial charge on any atom is 0.238 e. The van der Waals surface area contributed by atoms with E-state index in [9.17, 15) is 4.79 Å². The fraction of sp³-hybridized carbons (Fsp3) is 0.188. The molecule has 0 unspecified atom stereocenters. The van der Waals surface area contributed by atoms with Crippen molar-refractivity contribution in [1.29, 1.82) is 0 Å². The highest BCUT2D eigenvalue weighted by Gasteiger charge is 2.08. The zero-order chi connectivity index (χ0) is 15.2. The van der Waals surface area contributed by atoms with E-state index in [0.717, 1.165) is 5.56 Å². The Labute approximate surface area is 134 Å². The molecular weight excluding hydrogens is 307 g/mol. The molecule has 0 saturated carbocycles. The SMILES string of the molecule is C[C@@H](NCC(=O)Nc1ccc(Cl)c(Cl)c1)c1ccccc1. The summed E-state index contributed by atoms with van der Waals surface area (Å²) in [4.78, 5) is 11.9. The highest BCUT2D eigenvalue weighted by Crippen LogP contribution is 2.24. The maximum absolute atomic E-state index is 11.9. The van der Waals surface area contributed by atoms with Crippen LogP contribution in [0.2, 0.25) is 10.0 Å². The molecule has 2 aromatic carbocycles. The van der Waals surface area contributed by atoms with Crippen LogP contribution >= 0.6 is 23.2 Å². The molecule has 0 bridgehead atoms. The molecule has 0 radical (unpaired) electrons. The van der Waals surface area contributed by atoms with Gasteiger partial charge in [-0.3, -0.25) is 4.79 Å². The number of anilines is 1. The highest BCUT2D eigenvalue weighted by atomic mass is 35.5. The first-order chi connectivity index (χ1) is 10.1. The van der Waals surface area contributed by atoms with Gasteiger partial charge < -0.3 is 10.6 Å². The topological polar surface area (TPSA) is 41.1 Å². The van der Waals surface area contributed by atoms with Crippen molar-refractivity contribution < 1.29 is 4.79 Å². The minimum atomic E-state index is -0.129. The Hall–Kier alpha value is -1.55. The van der Waals surface area contributed by atoms with E-state index in [1.807, 2.05) is 37.3 Å². The van der Waals surface area contributed by atoms with Crippen molar-refractivity contribution in [3.05, 3.63) is 64.1 Å². The Morgan fingerprint density at radius 1 is 1.10 bits per heavy atom. The summed E-state index contributed by atoms with van der Waals surface area (Å²) in [5, 5.41) is 6.83. The largest absolute Gasteiger partial charge is 0.325 e. The van der Waals surface area contributed by atoms with Crippen LogP contribution in [0.3, 0.4) is 0 Å². The van der Waals surface area contributed by atoms with Crippen molar-refractivity contribution in [2.45, 2.75) is 13.0 Å². The lowest BCUT2D eigenvalue weighted by atomic mass is 10.1. The number of benzene rings is 2. The number of carbonyl (C=O) groups excluding carboxylic acids is 1. The molecule has 0 heterocycles. The van der Waals surface area contributed by atoms with E-state index in [1.165, 1.54) is 0 Å². The molecule has 0 aromatic heterocycles. The molecule has 0 aliphatic rings. The number of halogens is 2. The van der Waals surface area contributed by atoms with Crippen LogP contribution in [-0.2, 0) is 4.79 Å². The van der Waals surface area contributed by atoms with E-state index in [2.05, 4.69) is 10.6 Å². The quantitative estimate of drug-likeness (QED) is 0.862. The molecule has 110 valence electrons. The molecule has 3 nitrogen and oxygen atoms in total. The predicted octanol–water partition coefficient (Wildman–Crippen LogP) is 4.28. The van der Waals surface area contributed by atoms with Crippen LogP contribution in [0, 0.1) is 0 Å². The minimum Gasteiger partial charge on any atom is -0.325 e. The van der Waals surface area contributed by atoms with E-state index in [1.54, 1.807) is 18.2 Å². The summed E-state index contributed by atoms with van der Waals surface area (Å²) in [6.07, 6.45) is 0. The van der Waals surface area contributed by atoms with Gasteiger partial charge in [-0.15, -0.1) is 0 Å². The number of rotatable bonds is 5. The number of amides is 1. The van der Waals surface area contributed by atoms with Crippen molar-refractivity contribution >= 4 is 34.8 Å². The Bertz CT molecular complexity index is 617. The van der Waals surface area contributed by atoms with Crippen LogP contribution in [-0.4, -0.2) is 12.5 Å². The monoisotopic (exact) mass is 322 g/mol. The zero-order valence-electron chi connectivity index (χ0n) is 11.6. The van der Waals surface area contributed by atoms with Gasteiger partial charge >= 0.3 is 0 Å². The first-order valence-corrected chi connectivity index (χ1v) is 7.35. The number of carbonyl (C=O) groups is 1. The summed E-state index contributed by atoms with van der Waals surface area (Å²) in [6, 6.07) is 15.1. The zero-order valence-corrected chi connectivity index (χ0v) is 13.1. The van der Waals surface area contributed by atoms with Crippen LogP contribution in [0.25, 0.3) is 0 Å². The van der Waals surface area contributed by atoms with Gasteiger partial charge in [0.25, 0.3) is 0 Å². The molecule has 1 atom stereocenters. The molecule has 0 saturated heterocycles. The van der Waals surface area contributed by atoms with Crippen molar-refractivity contribution in [2.75, 3.05) is 11.9 Å². The summed E-state index contributed by atoms with van der Waals surface area (Å²) in [5.41, 5.74) is 1.77. The summed E-state index contributed by atoms with van der Waals surface area (Å²) in [7, 11) is 0. The van der Waals surface area contributed by atoms with Gasteiger partial charge in [0, 0.05) is 11.7 Å². The fourth-order valence-electron chi connectivity index (χ4n) is 1.88. The molecule has 0 aliphatic carbocycles. The van der Waals surface area contributed by atoms with Gasteiger partial charge in [0.1, 0.15) is 0 Å². The van der Waals surface area contributed by atoms with Gasteiger partial charge in [0.05, 0.1) is 16.6 Å². The Balaban J connectivity index is 1.86. The summed E-state index contributed by atoms with van der Waals surface area (Å²) in [6.45, 7) is 2.23. The van der Waals surface area contributed by atoms with Crippen molar-refractivity contribution in [2.24, 2.45) is 0 Å². The average Bonchev–Trinajstić information content (AvgIpc) is 2.49. The molecule has 5 heteroatoms. The Kier molecular flexibility index (Phi) is 5.62. The molecule has 2 aromatic rings. The van der Waals surface area contributed by atoms with Crippen LogP contribution in [0.15, 0.2) is 48.5 Å². The summed E-state index contributed by atoms with van der Waals surface area (Å²) >= 11 is 11.7. The molecule has 2 N–H and O–H groups in total. The second-order valence-electron chi connectivity index (χ2n) is 4.69. The van der Waals surface area contributed by atoms with Crippen LogP contribution in [0.1, 0.15) is 18.5 Å². The van der Waals surface area contributed by atoms with Gasteiger partial charge in [0.15, 0.2) is 0 Å². The second-order valence-corrected chi connectivity index (χ2v) is 5.50. The standard InChI is InChI=1S/C16H16Cl2N2O/c1-11(12-5-3-2-4-6-12)19-10-16(21)20-13-7-8-14(17)15(18)9-13/h2-9,11,19H,10H2,1H3,(H,20,21)/t11-/m1/s1. The van der Waals surface area contributed by atoms with Gasteiger partial charge in [-0.05, 0) is 30.7 Å². The lowest BCUT2D eigenvalue weighted by Crippen LogP contribution is -2.30.